The Morgan fingerprint density at radius 3 is 2.21 bits per heavy atom. The van der Waals surface area contributed by atoms with Crippen LogP contribution in [0, 0.1) is 0 Å². The molecule has 9 heteroatoms. The lowest BCUT2D eigenvalue weighted by molar-refractivity contribution is -0.132. The van der Waals surface area contributed by atoms with Crippen LogP contribution in [-0.2, 0) is 32.0 Å². The smallest absolute Gasteiger partial charge is 0.243 e. The molecule has 0 spiro atoms. The van der Waals surface area contributed by atoms with E-state index in [1.165, 1.54) is 13.8 Å². The van der Waals surface area contributed by atoms with Gasteiger partial charge in [0.2, 0.25) is 23.6 Å². The zero-order valence-corrected chi connectivity index (χ0v) is 19.1. The van der Waals surface area contributed by atoms with E-state index in [1.807, 2.05) is 54.6 Å². The number of para-hydroxylation sites is 1. The lowest BCUT2D eigenvalue weighted by atomic mass is 10.0. The van der Waals surface area contributed by atoms with Crippen molar-refractivity contribution in [2.45, 2.75) is 44.8 Å². The lowest BCUT2D eigenvalue weighted by Crippen LogP contribution is -2.56. The quantitative estimate of drug-likeness (QED) is 0.304. The first-order valence-corrected chi connectivity index (χ1v) is 11.0. The Bertz CT molecular complexity index is 1170. The highest BCUT2D eigenvalue weighted by Gasteiger charge is 2.27. The second-order valence-electron chi connectivity index (χ2n) is 8.20. The van der Waals surface area contributed by atoms with Gasteiger partial charge in [0, 0.05) is 36.9 Å². The normalized spacial score (nSPS) is 13.5. The van der Waals surface area contributed by atoms with Crippen molar-refractivity contribution in [1.82, 2.24) is 20.9 Å². The van der Waals surface area contributed by atoms with Crippen LogP contribution < -0.4 is 21.7 Å². The highest BCUT2D eigenvalue weighted by molar-refractivity contribution is 5.94. The van der Waals surface area contributed by atoms with Crippen LogP contribution >= 0.6 is 0 Å². The van der Waals surface area contributed by atoms with Crippen LogP contribution in [0.1, 0.15) is 25.0 Å². The van der Waals surface area contributed by atoms with Gasteiger partial charge in [-0.3, -0.25) is 19.2 Å². The maximum atomic E-state index is 12.8. The number of hydrogen-bond acceptors (Lipinski definition) is 4. The first-order valence-electron chi connectivity index (χ1n) is 11.0. The fourth-order valence-corrected chi connectivity index (χ4v) is 3.72. The standard InChI is InChI=1S/C25H29N5O4/c1-15(28-25(34)22(29-16(2)31)12-17-8-4-3-5-9-17)24(33)30-21(23(26)32)13-18-14-27-20-11-7-6-10-19(18)20/h3-11,14-15,21-22,27H,12-13H2,1-2H3,(H2,26,32)(H,28,34)(H,29,31)(H,30,33)/t15-,21+,22+/m0/s1. The Hall–Kier alpha value is -4.14. The van der Waals surface area contributed by atoms with E-state index in [-0.39, 0.29) is 18.7 Å². The lowest BCUT2D eigenvalue weighted by Gasteiger charge is -2.22. The monoisotopic (exact) mass is 463 g/mol. The van der Waals surface area contributed by atoms with E-state index in [0.29, 0.717) is 0 Å². The topological polar surface area (TPSA) is 146 Å². The van der Waals surface area contributed by atoms with E-state index < -0.39 is 35.8 Å². The largest absolute Gasteiger partial charge is 0.368 e. The summed E-state index contributed by atoms with van der Waals surface area (Å²) in [5, 5.41) is 8.79. The summed E-state index contributed by atoms with van der Waals surface area (Å²) in [5.41, 5.74) is 8.15. The van der Waals surface area contributed by atoms with Crippen LogP contribution in [0.15, 0.2) is 60.8 Å². The zero-order valence-electron chi connectivity index (χ0n) is 19.1. The van der Waals surface area contributed by atoms with Crippen LogP contribution in [0.2, 0.25) is 0 Å². The van der Waals surface area contributed by atoms with Gasteiger partial charge >= 0.3 is 0 Å². The molecule has 0 fully saturated rings. The first-order chi connectivity index (χ1) is 16.2. The number of nitrogens with two attached hydrogens (primary N) is 1. The predicted molar refractivity (Wildman–Crippen MR) is 128 cm³/mol. The van der Waals surface area contributed by atoms with Gasteiger partial charge in [-0.05, 0) is 24.1 Å². The van der Waals surface area contributed by atoms with Crippen LogP contribution in [0.5, 0.6) is 0 Å². The third kappa shape index (κ3) is 6.44. The molecule has 34 heavy (non-hydrogen) atoms. The fourth-order valence-electron chi connectivity index (χ4n) is 3.72. The number of aromatic nitrogens is 1. The molecule has 3 aromatic rings. The summed E-state index contributed by atoms with van der Waals surface area (Å²) in [4.78, 5) is 52.4. The second kappa shape index (κ2) is 11.1. The van der Waals surface area contributed by atoms with Crippen molar-refractivity contribution in [1.29, 1.82) is 0 Å². The summed E-state index contributed by atoms with van der Waals surface area (Å²) >= 11 is 0. The molecule has 0 unspecified atom stereocenters. The van der Waals surface area contributed by atoms with Crippen molar-refractivity contribution in [2.75, 3.05) is 0 Å². The van der Waals surface area contributed by atoms with Gasteiger partial charge in [0.05, 0.1) is 0 Å². The maximum absolute atomic E-state index is 12.8. The number of hydrogen-bond donors (Lipinski definition) is 5. The molecule has 2 aromatic carbocycles. The summed E-state index contributed by atoms with van der Waals surface area (Å²) in [5.74, 6) is -2.11. The van der Waals surface area contributed by atoms with Gasteiger partial charge in [-0.25, -0.2) is 0 Å². The first kappa shape index (κ1) is 24.5. The number of carbonyl (C=O) groups is 4. The van der Waals surface area contributed by atoms with Crippen molar-refractivity contribution in [3.63, 3.8) is 0 Å². The van der Waals surface area contributed by atoms with E-state index >= 15 is 0 Å². The highest BCUT2D eigenvalue weighted by atomic mass is 16.2. The molecule has 3 rings (SSSR count). The number of nitrogens with one attached hydrogen (secondary N) is 4. The van der Waals surface area contributed by atoms with Crippen molar-refractivity contribution in [3.8, 4) is 0 Å². The predicted octanol–water partition coefficient (Wildman–Crippen LogP) is 0.933. The summed E-state index contributed by atoms with van der Waals surface area (Å²) in [6.45, 7) is 2.83. The second-order valence-corrected chi connectivity index (χ2v) is 8.20. The minimum atomic E-state index is -0.957. The SMILES string of the molecule is CC(=O)N[C@H](Cc1ccccc1)C(=O)N[C@@H](C)C(=O)N[C@H](Cc1c[nH]c2ccccc12)C(N)=O. The Balaban J connectivity index is 1.64. The molecule has 178 valence electrons. The number of H-pyrrole nitrogens is 1. The number of aromatic amines is 1. The molecule has 9 nitrogen and oxygen atoms in total. The highest BCUT2D eigenvalue weighted by Crippen LogP contribution is 2.19. The molecule has 4 amide bonds. The van der Waals surface area contributed by atoms with E-state index in [2.05, 4.69) is 20.9 Å². The van der Waals surface area contributed by atoms with E-state index in [1.54, 1.807) is 6.20 Å². The van der Waals surface area contributed by atoms with Crippen LogP contribution in [0.3, 0.4) is 0 Å². The maximum Gasteiger partial charge on any atom is 0.243 e. The van der Waals surface area contributed by atoms with Crippen molar-refractivity contribution >= 4 is 34.5 Å². The molecule has 0 aliphatic rings. The van der Waals surface area contributed by atoms with Gasteiger partial charge in [-0.15, -0.1) is 0 Å². The molecule has 0 aliphatic heterocycles. The molecular formula is C25H29N5O4. The third-order valence-electron chi connectivity index (χ3n) is 5.49. The summed E-state index contributed by atoms with van der Waals surface area (Å²) in [7, 11) is 0. The van der Waals surface area contributed by atoms with Gasteiger partial charge in [-0.1, -0.05) is 48.5 Å². The number of rotatable bonds is 10. The van der Waals surface area contributed by atoms with E-state index in [4.69, 9.17) is 5.73 Å². The number of fused-ring (bicyclic) bond motifs is 1. The molecular weight excluding hydrogens is 434 g/mol. The average molecular weight is 464 g/mol. The minimum absolute atomic E-state index is 0.203. The van der Waals surface area contributed by atoms with Gasteiger partial charge in [0.25, 0.3) is 0 Å². The Kier molecular flexibility index (Phi) is 8.02. The third-order valence-corrected chi connectivity index (χ3v) is 5.49. The molecule has 6 N–H and O–H groups in total. The van der Waals surface area contributed by atoms with Crippen LogP contribution in [0.25, 0.3) is 10.9 Å². The molecule has 0 saturated heterocycles. The molecule has 0 radical (unpaired) electrons. The summed E-state index contributed by atoms with van der Waals surface area (Å²) < 4.78 is 0. The Morgan fingerprint density at radius 2 is 1.53 bits per heavy atom. The molecule has 3 atom stereocenters. The van der Waals surface area contributed by atoms with Gasteiger partial charge in [-0.2, -0.15) is 0 Å². The van der Waals surface area contributed by atoms with Gasteiger partial charge in [0.15, 0.2) is 0 Å². The van der Waals surface area contributed by atoms with Gasteiger partial charge in [0.1, 0.15) is 18.1 Å². The van der Waals surface area contributed by atoms with Crippen LogP contribution in [-0.4, -0.2) is 46.7 Å². The summed E-state index contributed by atoms with van der Waals surface area (Å²) in [6, 6.07) is 14.1. The van der Waals surface area contributed by atoms with Crippen molar-refractivity contribution in [3.05, 3.63) is 71.9 Å². The average Bonchev–Trinajstić information content (AvgIpc) is 3.21. The zero-order chi connectivity index (χ0) is 24.7. The number of carbonyl (C=O) groups excluding carboxylic acids is 4. The molecule has 0 aliphatic carbocycles. The van der Waals surface area contributed by atoms with E-state index in [9.17, 15) is 19.2 Å². The molecule has 1 heterocycles. The minimum Gasteiger partial charge on any atom is -0.368 e. The van der Waals surface area contributed by atoms with Crippen molar-refractivity contribution < 1.29 is 19.2 Å². The molecule has 1 aromatic heterocycles. The Morgan fingerprint density at radius 1 is 0.853 bits per heavy atom. The van der Waals surface area contributed by atoms with Crippen molar-refractivity contribution in [2.24, 2.45) is 5.73 Å². The summed E-state index contributed by atoms with van der Waals surface area (Å²) in [6.07, 6.45) is 2.25. The van der Waals surface area contributed by atoms with Crippen LogP contribution in [0.4, 0.5) is 0 Å². The van der Waals surface area contributed by atoms with Gasteiger partial charge < -0.3 is 26.7 Å². The molecule has 0 bridgehead atoms. The number of amides is 4. The Labute approximate surface area is 197 Å². The fraction of sp³-hybridized carbons (Fsp3) is 0.280. The van der Waals surface area contributed by atoms with E-state index in [0.717, 1.165) is 22.0 Å². The number of benzene rings is 2. The molecule has 0 saturated carbocycles. The number of primary amides is 1.